The van der Waals surface area contributed by atoms with Gasteiger partial charge in [-0.05, 0) is 75.4 Å². The van der Waals surface area contributed by atoms with Gasteiger partial charge in [-0.15, -0.1) is 0 Å². The molecule has 0 radical (unpaired) electrons. The second-order valence-corrected chi connectivity index (χ2v) is 14.4. The summed E-state index contributed by atoms with van der Waals surface area (Å²) in [5, 5.41) is 20.2. The van der Waals surface area contributed by atoms with Gasteiger partial charge in [-0.1, -0.05) is 60.0 Å². The fourth-order valence-corrected chi connectivity index (χ4v) is 7.47. The van der Waals surface area contributed by atoms with Gasteiger partial charge in [0.2, 0.25) is 0 Å². The van der Waals surface area contributed by atoms with E-state index in [-0.39, 0.29) is 19.3 Å². The van der Waals surface area contributed by atoms with Crippen molar-refractivity contribution < 1.29 is 19.3 Å². The van der Waals surface area contributed by atoms with Crippen LogP contribution < -0.4 is 14.2 Å². The Morgan fingerprint density at radius 2 is 1.73 bits per heavy atom. The van der Waals surface area contributed by atoms with Crippen molar-refractivity contribution in [2.24, 2.45) is 0 Å². The number of nitrogens with zero attached hydrogens (tertiary/aromatic N) is 4. The lowest BCUT2D eigenvalue weighted by Crippen LogP contribution is -2.36. The lowest BCUT2D eigenvalue weighted by molar-refractivity contribution is 0.150. The van der Waals surface area contributed by atoms with Gasteiger partial charge in [0.05, 0.1) is 28.3 Å². The topological polar surface area (TPSA) is 91.1 Å². The van der Waals surface area contributed by atoms with Crippen molar-refractivity contribution in [2.45, 2.75) is 77.9 Å². The molecule has 8 nitrogen and oxygen atoms in total. The summed E-state index contributed by atoms with van der Waals surface area (Å²) in [4.78, 5) is 8.93. The van der Waals surface area contributed by atoms with Gasteiger partial charge in [-0.2, -0.15) is 5.26 Å². The molecule has 0 spiro atoms. The largest absolute Gasteiger partial charge is 0.493 e. The number of rotatable bonds is 14. The quantitative estimate of drug-likeness (QED) is 0.129. The Labute approximate surface area is 311 Å². The second kappa shape index (κ2) is 17.6. The smallest absolute Gasteiger partial charge is 0.142 e. The summed E-state index contributed by atoms with van der Waals surface area (Å²) in [5.74, 6) is 2.02. The number of halogens is 2. The molecule has 1 aromatic heterocycles. The van der Waals surface area contributed by atoms with Crippen LogP contribution in [0.15, 0.2) is 67.0 Å². The Morgan fingerprint density at radius 1 is 0.902 bits per heavy atom. The fourth-order valence-electron chi connectivity index (χ4n) is 6.95. The zero-order valence-corrected chi connectivity index (χ0v) is 30.9. The lowest BCUT2D eigenvalue weighted by atomic mass is 9.98. The predicted octanol–water partition coefficient (Wildman–Crippen LogP) is 8.60. The molecule has 0 aliphatic carbocycles. The van der Waals surface area contributed by atoms with E-state index in [4.69, 9.17) is 37.4 Å². The number of piperidine rings is 1. The first kappa shape index (κ1) is 36.9. The molecule has 268 valence electrons. The monoisotopic (exact) mass is 728 g/mol. The van der Waals surface area contributed by atoms with Crippen LogP contribution in [0.25, 0.3) is 11.1 Å². The molecule has 2 aliphatic heterocycles. The third-order valence-electron chi connectivity index (χ3n) is 9.91. The van der Waals surface area contributed by atoms with Gasteiger partial charge in [0.25, 0.3) is 0 Å². The number of aliphatic hydroxyl groups excluding tert-OH is 1. The summed E-state index contributed by atoms with van der Waals surface area (Å²) in [6.07, 6.45) is 8.36. The highest BCUT2D eigenvalue weighted by Gasteiger charge is 2.22. The molecule has 0 amide bonds. The minimum atomic E-state index is -0.207. The van der Waals surface area contributed by atoms with Gasteiger partial charge in [0.1, 0.15) is 36.5 Å². The van der Waals surface area contributed by atoms with E-state index in [0.717, 1.165) is 78.2 Å². The number of nitriles is 1. The van der Waals surface area contributed by atoms with E-state index in [1.54, 1.807) is 12.3 Å². The van der Waals surface area contributed by atoms with Crippen molar-refractivity contribution >= 4 is 23.2 Å². The number of hydrogen-bond acceptors (Lipinski definition) is 8. The minimum Gasteiger partial charge on any atom is -0.493 e. The van der Waals surface area contributed by atoms with Crippen LogP contribution in [0, 0.1) is 18.3 Å². The molecule has 4 aromatic rings. The zero-order chi connectivity index (χ0) is 35.7. The maximum atomic E-state index is 9.79. The van der Waals surface area contributed by atoms with Gasteiger partial charge < -0.3 is 24.2 Å². The maximum Gasteiger partial charge on any atom is 0.142 e. The molecule has 3 aromatic carbocycles. The molecule has 2 atom stereocenters. The molecule has 3 heterocycles. The molecule has 0 saturated carbocycles. The Morgan fingerprint density at radius 3 is 2.53 bits per heavy atom. The summed E-state index contributed by atoms with van der Waals surface area (Å²) in [6.45, 7) is 9.73. The summed E-state index contributed by atoms with van der Waals surface area (Å²) in [7, 11) is 0. The number of pyridine rings is 1. The van der Waals surface area contributed by atoms with Gasteiger partial charge in [0, 0.05) is 72.9 Å². The highest BCUT2D eigenvalue weighted by Crippen LogP contribution is 2.39. The first-order valence-electron chi connectivity index (χ1n) is 17.9. The molecular formula is C41H46Cl2N4O4. The number of hydrogen-bond donors (Lipinski definition) is 1. The molecule has 6 rings (SSSR count). The van der Waals surface area contributed by atoms with Crippen molar-refractivity contribution in [1.29, 1.82) is 5.26 Å². The van der Waals surface area contributed by atoms with Crippen molar-refractivity contribution in [1.82, 2.24) is 14.8 Å². The number of aromatic nitrogens is 1. The fraction of sp³-hybridized carbons (Fsp3) is 0.415. The third kappa shape index (κ3) is 9.54. The van der Waals surface area contributed by atoms with Crippen LogP contribution in [0.3, 0.4) is 0 Å². The second-order valence-electron chi connectivity index (χ2n) is 13.6. The number of β-amino-alcohol motifs (C(OH)–C–C–N with tert-alkyl or cyclic N) is 1. The van der Waals surface area contributed by atoms with Crippen molar-refractivity contribution in [3.63, 3.8) is 0 Å². The van der Waals surface area contributed by atoms with E-state index >= 15 is 0 Å². The van der Waals surface area contributed by atoms with Crippen LogP contribution in [-0.4, -0.2) is 64.8 Å². The lowest BCUT2D eigenvalue weighted by Gasteiger charge is -2.33. The highest BCUT2D eigenvalue weighted by molar-refractivity contribution is 6.34. The highest BCUT2D eigenvalue weighted by atomic mass is 35.5. The van der Waals surface area contributed by atoms with E-state index in [2.05, 4.69) is 40.8 Å². The van der Waals surface area contributed by atoms with Gasteiger partial charge in [-0.3, -0.25) is 9.88 Å². The molecule has 0 bridgehead atoms. The average Bonchev–Trinajstić information content (AvgIpc) is 3.56. The van der Waals surface area contributed by atoms with Crippen molar-refractivity contribution in [3.8, 4) is 34.4 Å². The maximum absolute atomic E-state index is 9.79. The summed E-state index contributed by atoms with van der Waals surface area (Å²) in [6, 6.07) is 20.2. The normalized spacial score (nSPS) is 18.0. The molecule has 1 N–H and O–H groups in total. The van der Waals surface area contributed by atoms with E-state index < -0.39 is 0 Å². The van der Waals surface area contributed by atoms with Gasteiger partial charge in [-0.25, -0.2) is 0 Å². The van der Waals surface area contributed by atoms with Crippen molar-refractivity contribution in [3.05, 3.63) is 105 Å². The van der Waals surface area contributed by atoms with Crippen LogP contribution in [0.1, 0.15) is 66.8 Å². The Bertz CT molecular complexity index is 1850. The molecule has 0 unspecified atom stereocenters. The Balaban J connectivity index is 1.17. The van der Waals surface area contributed by atoms with Crippen LogP contribution in [-0.2, 0) is 19.8 Å². The molecule has 2 fully saturated rings. The number of benzene rings is 3. The number of aliphatic hydroxyl groups is 1. The molecular weight excluding hydrogens is 683 g/mol. The summed E-state index contributed by atoms with van der Waals surface area (Å²) >= 11 is 13.9. The molecule has 2 aliphatic rings. The Hall–Kier alpha value is -3.84. The van der Waals surface area contributed by atoms with Crippen LogP contribution in [0.2, 0.25) is 10.0 Å². The van der Waals surface area contributed by atoms with E-state index in [0.29, 0.717) is 46.3 Å². The number of likely N-dealkylation sites (tertiary alicyclic amines) is 2. The van der Waals surface area contributed by atoms with Gasteiger partial charge >= 0.3 is 0 Å². The van der Waals surface area contributed by atoms with Gasteiger partial charge in [0.15, 0.2) is 0 Å². The average molecular weight is 730 g/mol. The predicted molar refractivity (Wildman–Crippen MR) is 202 cm³/mol. The first-order valence-corrected chi connectivity index (χ1v) is 18.6. The minimum absolute atomic E-state index is 0.207. The van der Waals surface area contributed by atoms with E-state index in [1.807, 2.05) is 42.5 Å². The number of ether oxygens (including phenoxy) is 3. The van der Waals surface area contributed by atoms with Crippen LogP contribution in [0.5, 0.6) is 17.2 Å². The molecule has 51 heavy (non-hydrogen) atoms. The Kier molecular flexibility index (Phi) is 12.7. The molecule has 10 heteroatoms. The SMILES string of the molecule is Cc1c(OCCCN2CC[C@@H](O)C2)cccc1-c1cccc(COc2cc(OCc3cncc(C#N)c3)c(CN3CCCC[C@H]3C)cc2Cl)c1Cl. The van der Waals surface area contributed by atoms with E-state index in [1.165, 1.54) is 25.5 Å². The summed E-state index contributed by atoms with van der Waals surface area (Å²) in [5.41, 5.74) is 6.04. The zero-order valence-electron chi connectivity index (χ0n) is 29.4. The third-order valence-corrected chi connectivity index (χ3v) is 10.6. The van der Waals surface area contributed by atoms with E-state index in [9.17, 15) is 10.4 Å². The summed E-state index contributed by atoms with van der Waals surface area (Å²) < 4.78 is 18.9. The van der Waals surface area contributed by atoms with Crippen molar-refractivity contribution in [2.75, 3.05) is 32.8 Å². The first-order chi connectivity index (χ1) is 24.8. The van der Waals surface area contributed by atoms with Crippen LogP contribution >= 0.6 is 23.2 Å². The molecule has 2 saturated heterocycles. The van der Waals surface area contributed by atoms with Crippen LogP contribution in [0.4, 0.5) is 0 Å². The standard InChI is InChI=1S/C41H46Cl2N4O4/c1-28-8-3-4-15-47(28)24-33-19-37(42)40(20-39(33)50-26-31-18-30(21-44)22-45-23-31)51-27-32-9-5-11-36(41(32)43)35-10-6-12-38(29(35)2)49-17-7-14-46-16-13-34(48)25-46/h5-6,9-12,18-20,22-23,28,34,48H,3-4,7-8,13-17,24-27H2,1-2H3/t28-,34-/m1/s1.